The monoisotopic (exact) mass is 242 g/mol. The van der Waals surface area contributed by atoms with Crippen LogP contribution in [0.1, 0.15) is 20.8 Å². The fourth-order valence-corrected chi connectivity index (χ4v) is 3.17. The normalized spacial score (nSPS) is 29.6. The molecule has 4 heteroatoms. The van der Waals surface area contributed by atoms with E-state index in [1.54, 1.807) is 11.8 Å². The molecule has 2 saturated heterocycles. The molecule has 2 fully saturated rings. The number of likely N-dealkylation sites (tertiary alicyclic amines) is 1. The van der Waals surface area contributed by atoms with Crippen molar-refractivity contribution in [3.8, 4) is 0 Å². The van der Waals surface area contributed by atoms with Gasteiger partial charge in [0.1, 0.15) is 0 Å². The summed E-state index contributed by atoms with van der Waals surface area (Å²) in [6.45, 7) is 10.6. The SMILES string of the molecule is CC(C)(C)SCC(=O)N1CC2CNCC2C1. The Labute approximate surface area is 102 Å². The van der Waals surface area contributed by atoms with Crippen molar-refractivity contribution in [3.05, 3.63) is 0 Å². The number of carbonyl (C=O) groups excluding carboxylic acids is 1. The van der Waals surface area contributed by atoms with Crippen LogP contribution >= 0.6 is 11.8 Å². The Hall–Kier alpha value is -0.220. The Morgan fingerprint density at radius 2 is 1.88 bits per heavy atom. The van der Waals surface area contributed by atoms with Gasteiger partial charge in [-0.25, -0.2) is 0 Å². The summed E-state index contributed by atoms with van der Waals surface area (Å²) < 4.78 is 0.187. The Kier molecular flexibility index (Phi) is 3.50. The first-order chi connectivity index (χ1) is 7.46. The second-order valence-electron chi connectivity index (χ2n) is 5.88. The standard InChI is InChI=1S/C12H22N2OS/c1-12(2,3)16-8-11(15)14-6-9-4-13-5-10(9)7-14/h9-10,13H,4-8H2,1-3H3. The third-order valence-electron chi connectivity index (χ3n) is 3.37. The van der Waals surface area contributed by atoms with Gasteiger partial charge < -0.3 is 10.2 Å². The predicted molar refractivity (Wildman–Crippen MR) is 68.6 cm³/mol. The molecule has 1 N–H and O–H groups in total. The van der Waals surface area contributed by atoms with Crippen LogP contribution in [-0.4, -0.2) is 47.5 Å². The molecule has 16 heavy (non-hydrogen) atoms. The van der Waals surface area contributed by atoms with Crippen LogP contribution in [0.3, 0.4) is 0 Å². The molecule has 2 aliphatic rings. The lowest BCUT2D eigenvalue weighted by Crippen LogP contribution is -2.33. The van der Waals surface area contributed by atoms with E-state index in [2.05, 4.69) is 31.0 Å². The largest absolute Gasteiger partial charge is 0.341 e. The summed E-state index contributed by atoms with van der Waals surface area (Å²) >= 11 is 1.75. The zero-order valence-electron chi connectivity index (χ0n) is 10.5. The van der Waals surface area contributed by atoms with Crippen LogP contribution in [0.2, 0.25) is 0 Å². The molecule has 2 heterocycles. The predicted octanol–water partition coefficient (Wildman–Crippen LogP) is 1.20. The maximum Gasteiger partial charge on any atom is 0.232 e. The van der Waals surface area contributed by atoms with Gasteiger partial charge in [-0.2, -0.15) is 0 Å². The molecule has 2 atom stereocenters. The summed E-state index contributed by atoms with van der Waals surface area (Å²) in [6.07, 6.45) is 0. The highest BCUT2D eigenvalue weighted by molar-refractivity contribution is 8.01. The number of hydrogen-bond acceptors (Lipinski definition) is 3. The van der Waals surface area contributed by atoms with Crippen molar-refractivity contribution in [3.63, 3.8) is 0 Å². The van der Waals surface area contributed by atoms with Crippen LogP contribution in [0.4, 0.5) is 0 Å². The second kappa shape index (κ2) is 4.57. The third-order valence-corrected chi connectivity index (χ3v) is 4.63. The molecule has 0 aromatic heterocycles. The molecule has 2 unspecified atom stereocenters. The number of carbonyl (C=O) groups is 1. The highest BCUT2D eigenvalue weighted by Crippen LogP contribution is 2.28. The van der Waals surface area contributed by atoms with E-state index < -0.39 is 0 Å². The van der Waals surface area contributed by atoms with E-state index >= 15 is 0 Å². The number of fused-ring (bicyclic) bond motifs is 1. The van der Waals surface area contributed by atoms with Crippen molar-refractivity contribution in [2.45, 2.75) is 25.5 Å². The molecule has 0 aliphatic carbocycles. The van der Waals surface area contributed by atoms with Gasteiger partial charge in [-0.3, -0.25) is 4.79 Å². The van der Waals surface area contributed by atoms with Gasteiger partial charge in [0.2, 0.25) is 5.91 Å². The van der Waals surface area contributed by atoms with Crippen LogP contribution in [-0.2, 0) is 4.79 Å². The first-order valence-electron chi connectivity index (χ1n) is 6.08. The van der Waals surface area contributed by atoms with Crippen molar-refractivity contribution in [1.82, 2.24) is 10.2 Å². The number of hydrogen-bond donors (Lipinski definition) is 1. The van der Waals surface area contributed by atoms with Gasteiger partial charge in [0.05, 0.1) is 5.75 Å². The molecule has 2 rings (SSSR count). The van der Waals surface area contributed by atoms with E-state index in [-0.39, 0.29) is 4.75 Å². The maximum atomic E-state index is 12.0. The van der Waals surface area contributed by atoms with Crippen molar-refractivity contribution in [2.75, 3.05) is 31.9 Å². The summed E-state index contributed by atoms with van der Waals surface area (Å²) in [5, 5.41) is 3.40. The van der Waals surface area contributed by atoms with Gasteiger partial charge >= 0.3 is 0 Å². The molecule has 0 bridgehead atoms. The van der Waals surface area contributed by atoms with E-state index in [0.717, 1.165) is 26.2 Å². The first-order valence-corrected chi connectivity index (χ1v) is 7.07. The van der Waals surface area contributed by atoms with Gasteiger partial charge in [-0.15, -0.1) is 11.8 Å². The number of rotatable bonds is 2. The number of nitrogens with one attached hydrogen (secondary N) is 1. The molecule has 0 radical (unpaired) electrons. The average Bonchev–Trinajstić information content (AvgIpc) is 2.71. The lowest BCUT2D eigenvalue weighted by atomic mass is 10.0. The van der Waals surface area contributed by atoms with E-state index in [9.17, 15) is 4.79 Å². The smallest absolute Gasteiger partial charge is 0.232 e. The highest BCUT2D eigenvalue weighted by atomic mass is 32.2. The molecule has 1 amide bonds. The summed E-state index contributed by atoms with van der Waals surface area (Å²) in [4.78, 5) is 14.1. The molecular weight excluding hydrogens is 220 g/mol. The minimum Gasteiger partial charge on any atom is -0.341 e. The van der Waals surface area contributed by atoms with Crippen LogP contribution in [0.5, 0.6) is 0 Å². The van der Waals surface area contributed by atoms with E-state index in [0.29, 0.717) is 23.5 Å². The summed E-state index contributed by atoms with van der Waals surface area (Å²) in [6, 6.07) is 0. The summed E-state index contributed by atoms with van der Waals surface area (Å²) in [5.74, 6) is 2.39. The minimum absolute atomic E-state index is 0.187. The molecule has 2 aliphatic heterocycles. The van der Waals surface area contributed by atoms with Crippen LogP contribution in [0.15, 0.2) is 0 Å². The Balaban J connectivity index is 1.79. The van der Waals surface area contributed by atoms with Crippen LogP contribution < -0.4 is 5.32 Å². The van der Waals surface area contributed by atoms with Gasteiger partial charge in [0.25, 0.3) is 0 Å². The number of amides is 1. The summed E-state index contributed by atoms with van der Waals surface area (Å²) in [5.41, 5.74) is 0. The van der Waals surface area contributed by atoms with Gasteiger partial charge in [-0.05, 0) is 11.8 Å². The lowest BCUT2D eigenvalue weighted by molar-refractivity contribution is -0.127. The first kappa shape index (κ1) is 12.2. The zero-order valence-corrected chi connectivity index (χ0v) is 11.3. The van der Waals surface area contributed by atoms with Gasteiger partial charge in [0.15, 0.2) is 0 Å². The fourth-order valence-electron chi connectivity index (χ4n) is 2.43. The zero-order chi connectivity index (χ0) is 11.8. The molecule has 0 aromatic rings. The maximum absolute atomic E-state index is 12.0. The molecule has 0 aromatic carbocycles. The molecule has 3 nitrogen and oxygen atoms in total. The van der Waals surface area contributed by atoms with Crippen LogP contribution in [0.25, 0.3) is 0 Å². The third kappa shape index (κ3) is 2.92. The van der Waals surface area contributed by atoms with Crippen molar-refractivity contribution in [2.24, 2.45) is 11.8 Å². The van der Waals surface area contributed by atoms with Crippen molar-refractivity contribution >= 4 is 17.7 Å². The van der Waals surface area contributed by atoms with Crippen LogP contribution in [0, 0.1) is 11.8 Å². The number of nitrogens with zero attached hydrogens (tertiary/aromatic N) is 1. The highest BCUT2D eigenvalue weighted by Gasteiger charge is 2.37. The Bertz CT molecular complexity index is 263. The molecule has 92 valence electrons. The minimum atomic E-state index is 0.187. The fraction of sp³-hybridized carbons (Fsp3) is 0.917. The molecule has 0 spiro atoms. The van der Waals surface area contributed by atoms with Crippen molar-refractivity contribution < 1.29 is 4.79 Å². The molecule has 0 saturated carbocycles. The Morgan fingerprint density at radius 3 is 2.38 bits per heavy atom. The molecular formula is C12H22N2OS. The second-order valence-corrected chi connectivity index (χ2v) is 7.68. The lowest BCUT2D eigenvalue weighted by Gasteiger charge is -2.21. The van der Waals surface area contributed by atoms with Gasteiger partial charge in [0, 0.05) is 30.9 Å². The average molecular weight is 242 g/mol. The van der Waals surface area contributed by atoms with Gasteiger partial charge in [-0.1, -0.05) is 20.8 Å². The Morgan fingerprint density at radius 1 is 1.31 bits per heavy atom. The quantitative estimate of drug-likeness (QED) is 0.789. The summed E-state index contributed by atoms with van der Waals surface area (Å²) in [7, 11) is 0. The number of thioether (sulfide) groups is 1. The topological polar surface area (TPSA) is 32.3 Å². The van der Waals surface area contributed by atoms with E-state index in [4.69, 9.17) is 0 Å². The van der Waals surface area contributed by atoms with E-state index in [1.807, 2.05) is 0 Å². The van der Waals surface area contributed by atoms with E-state index in [1.165, 1.54) is 0 Å². The van der Waals surface area contributed by atoms with Crippen molar-refractivity contribution in [1.29, 1.82) is 0 Å².